The molecule has 85 heavy (non-hydrogen) atoms. The summed E-state index contributed by atoms with van der Waals surface area (Å²) in [7, 11) is 0. The number of nitrogens with one attached hydrogen (secondary N) is 7. The van der Waals surface area contributed by atoms with Crippen molar-refractivity contribution in [1.82, 2.24) is 56.8 Å². The normalized spacial score (nSPS) is 15.1. The van der Waals surface area contributed by atoms with Crippen molar-refractivity contribution in [3.63, 3.8) is 0 Å². The Kier molecular flexibility index (Phi) is 31.3. The number of aliphatic carboxylic acids is 3. The predicted molar refractivity (Wildman–Crippen MR) is 315 cm³/mol. The first kappa shape index (κ1) is 69.1. The summed E-state index contributed by atoms with van der Waals surface area (Å²) in [6.45, 7) is 6.12. The number of carboxylic acids is 3. The van der Waals surface area contributed by atoms with Crippen molar-refractivity contribution in [3.05, 3.63) is 95.6 Å². The number of phenols is 1. The number of nitrogens with two attached hydrogens (primary N) is 1. The van der Waals surface area contributed by atoms with E-state index in [1.165, 1.54) is 12.1 Å². The Balaban J connectivity index is 1.27. The van der Waals surface area contributed by atoms with Gasteiger partial charge in [0.15, 0.2) is 5.96 Å². The predicted octanol–water partition coefficient (Wildman–Crippen LogP) is 0.281. The van der Waals surface area contributed by atoms with Crippen LogP contribution in [0.2, 0.25) is 0 Å². The molecule has 7 amide bonds. The molecule has 0 saturated carbocycles. The minimum Gasteiger partial charge on any atom is -0.508 e. The number of aromatic hydroxyl groups is 1. The van der Waals surface area contributed by atoms with Crippen molar-refractivity contribution >= 4 is 59.4 Å². The molecule has 1 aliphatic heterocycles. The smallest absolute Gasteiger partial charge is 0.321 e. The number of nitrogens with zero attached hydrogens (tertiary/aromatic N) is 5. The Morgan fingerprint density at radius 1 is 0.600 bits per heavy atom. The van der Waals surface area contributed by atoms with Crippen LogP contribution in [0.5, 0.6) is 11.5 Å². The largest absolute Gasteiger partial charge is 0.508 e. The summed E-state index contributed by atoms with van der Waals surface area (Å²) < 4.78 is 6.12. The Labute approximate surface area is 495 Å². The maximum absolute atomic E-state index is 14.5. The first-order chi connectivity index (χ1) is 40.8. The van der Waals surface area contributed by atoms with E-state index in [9.17, 15) is 63.6 Å². The minimum atomic E-state index is -1.05. The maximum atomic E-state index is 14.5. The van der Waals surface area contributed by atoms with Gasteiger partial charge < -0.3 is 62.8 Å². The first-order valence-electron chi connectivity index (χ1n) is 28.6. The number of urea groups is 1. The molecule has 13 N–H and O–H groups in total. The van der Waals surface area contributed by atoms with E-state index in [1.807, 2.05) is 35.2 Å². The highest BCUT2D eigenvalue weighted by atomic mass is 16.5. The van der Waals surface area contributed by atoms with Gasteiger partial charge in [-0.2, -0.15) is 0 Å². The molecule has 27 heteroatoms. The molecule has 0 aromatic heterocycles. The monoisotopic (exact) mass is 1190 g/mol. The number of guanidine groups is 1. The third-order valence-electron chi connectivity index (χ3n) is 13.6. The van der Waals surface area contributed by atoms with Crippen LogP contribution in [0, 0.1) is 0 Å². The molecule has 1 heterocycles. The molecule has 0 bridgehead atoms. The summed E-state index contributed by atoms with van der Waals surface area (Å²) in [5.74, 6) is -5.15. The molecule has 3 aromatic rings. The van der Waals surface area contributed by atoms with E-state index >= 15 is 0 Å². The molecule has 0 unspecified atom stereocenters. The molecular weight excluding hydrogens is 1100 g/mol. The number of unbranched alkanes of at least 4 members (excludes halogenated alkanes) is 1. The second kappa shape index (κ2) is 38.5. The van der Waals surface area contributed by atoms with Gasteiger partial charge in [-0.1, -0.05) is 61.5 Å². The number of hydrogen-bond donors (Lipinski definition) is 12. The van der Waals surface area contributed by atoms with Crippen LogP contribution < -0.4 is 47.7 Å². The minimum absolute atomic E-state index is 0.0472. The number of amides is 7. The van der Waals surface area contributed by atoms with Crippen molar-refractivity contribution < 1.29 is 68.3 Å². The van der Waals surface area contributed by atoms with Gasteiger partial charge in [-0.05, 0) is 80.0 Å². The van der Waals surface area contributed by atoms with Crippen molar-refractivity contribution in [2.45, 2.75) is 83.3 Å². The highest BCUT2D eigenvalue weighted by Crippen LogP contribution is 2.28. The summed E-state index contributed by atoms with van der Waals surface area (Å²) in [6.07, 6.45) is 2.44. The zero-order valence-electron chi connectivity index (χ0n) is 48.6. The van der Waals surface area contributed by atoms with Crippen molar-refractivity contribution in [2.24, 2.45) is 10.7 Å². The van der Waals surface area contributed by atoms with Crippen LogP contribution in [0.4, 0.5) is 4.79 Å². The van der Waals surface area contributed by atoms with Crippen LogP contribution in [-0.4, -0.2) is 223 Å². The summed E-state index contributed by atoms with van der Waals surface area (Å²) in [5.41, 5.74) is 7.93. The maximum Gasteiger partial charge on any atom is 0.321 e. The second-order valence-electron chi connectivity index (χ2n) is 20.6. The summed E-state index contributed by atoms with van der Waals surface area (Å²) in [5, 5.41) is 57.5. The third kappa shape index (κ3) is 29.1. The lowest BCUT2D eigenvalue weighted by Crippen LogP contribution is -2.50. The number of hydrogen-bond acceptors (Lipinski definition) is 16. The molecule has 0 spiro atoms. The average molecular weight is 1190 g/mol. The van der Waals surface area contributed by atoms with Gasteiger partial charge in [-0.15, -0.1) is 0 Å². The fourth-order valence-electron chi connectivity index (χ4n) is 9.03. The van der Waals surface area contributed by atoms with Crippen molar-refractivity contribution in [2.75, 3.05) is 111 Å². The number of carboxylic acid groups (broad SMARTS) is 3. The zero-order chi connectivity index (χ0) is 61.9. The van der Waals surface area contributed by atoms with Crippen LogP contribution in [0.1, 0.15) is 81.4 Å². The highest BCUT2D eigenvalue weighted by molar-refractivity contribution is 5.95. The molecule has 4 rings (SSSR count). The Bertz CT molecular complexity index is 2620. The van der Waals surface area contributed by atoms with E-state index in [0.29, 0.717) is 68.8 Å². The zero-order valence-corrected chi connectivity index (χ0v) is 48.6. The van der Waals surface area contributed by atoms with E-state index in [2.05, 4.69) is 42.2 Å². The number of rotatable bonds is 33. The van der Waals surface area contributed by atoms with Crippen LogP contribution in [0.25, 0.3) is 0 Å². The number of phenolic OH excluding ortho intramolecular Hbond substituents is 1. The molecule has 1 fully saturated rings. The van der Waals surface area contributed by atoms with Gasteiger partial charge in [0, 0.05) is 104 Å². The van der Waals surface area contributed by atoms with E-state index in [4.69, 9.17) is 10.5 Å². The van der Waals surface area contributed by atoms with Crippen molar-refractivity contribution in [1.29, 1.82) is 0 Å². The summed E-state index contributed by atoms with van der Waals surface area (Å²) >= 11 is 0. The van der Waals surface area contributed by atoms with Gasteiger partial charge in [0.25, 0.3) is 0 Å². The Morgan fingerprint density at radius 3 is 1.75 bits per heavy atom. The second-order valence-corrected chi connectivity index (χ2v) is 20.6. The number of aliphatic imine (C=N–C) groups is 1. The molecule has 27 nitrogen and oxygen atoms in total. The third-order valence-corrected chi connectivity index (χ3v) is 13.6. The van der Waals surface area contributed by atoms with Crippen molar-refractivity contribution in [3.8, 4) is 11.5 Å². The highest BCUT2D eigenvalue weighted by Gasteiger charge is 2.29. The van der Waals surface area contributed by atoms with Gasteiger partial charge in [-0.25, -0.2) is 4.79 Å². The van der Waals surface area contributed by atoms with Gasteiger partial charge in [0.2, 0.25) is 29.5 Å². The fraction of sp³-hybridized carbons (Fsp3) is 0.517. The molecule has 1 aliphatic rings. The molecular formula is C58H85N13O14. The first-order valence-corrected chi connectivity index (χ1v) is 28.6. The molecule has 466 valence electrons. The van der Waals surface area contributed by atoms with E-state index in [-0.39, 0.29) is 146 Å². The molecule has 1 saturated heterocycles. The van der Waals surface area contributed by atoms with Gasteiger partial charge in [0.05, 0.1) is 38.7 Å². The summed E-state index contributed by atoms with van der Waals surface area (Å²) in [4.78, 5) is 124. The topological polar surface area (TPSA) is 379 Å². The molecule has 3 atom stereocenters. The Hall–Kier alpha value is -8.40. The average Bonchev–Trinajstić information content (AvgIpc) is 3.66. The number of benzene rings is 3. The molecule has 0 radical (unpaired) electrons. The quantitative estimate of drug-likeness (QED) is 0.0221. The van der Waals surface area contributed by atoms with E-state index in [1.54, 1.807) is 64.9 Å². The van der Waals surface area contributed by atoms with Crippen LogP contribution in [0.15, 0.2) is 83.9 Å². The van der Waals surface area contributed by atoms with Gasteiger partial charge in [0.1, 0.15) is 17.5 Å². The number of ether oxygens (including phenoxy) is 1. The standard InChI is InChI=1S/C58H85N13O14/c1-3-48(73)61-24-25-63-58(84)67-57(59)62-23-10-15-47(55(82)64-36-42-17-19-45(72)20-18-42)66-56(83)54(43-11-5-4-6-12-43)44-13-9-14-46(35-44)85-34-8-7-22-60-49(74)21-16-41(2)65-50(75)37-68-26-28-69(38-51(76)77)30-32-71(40-53(80)81)33-31-70(29-27-68)39-52(78)79/h4-6,9,11-14,17-20,35,41,47,54,72H,3,7-8,10,15-16,21-34,36-40H2,1-2H3,(H,60,74)(H,61,73)(H,64,82)(H,65,75)(H,66,83)(H,76,77)(H,78,79)(H,80,81)(H4,59,62,63,67,84)/t41-,47+,54-/m0/s1. The van der Waals surface area contributed by atoms with Crippen LogP contribution in [-0.2, 0) is 44.9 Å². The Morgan fingerprint density at radius 2 is 1.16 bits per heavy atom. The molecule has 3 aromatic carbocycles. The summed E-state index contributed by atoms with van der Waals surface area (Å²) in [6, 6.07) is 20.6. The fourth-order valence-corrected chi connectivity index (χ4v) is 9.03. The van der Waals surface area contributed by atoms with Gasteiger partial charge >= 0.3 is 23.9 Å². The number of carbonyl (C=O) groups is 9. The van der Waals surface area contributed by atoms with E-state index < -0.39 is 47.7 Å². The lowest BCUT2D eigenvalue weighted by Gasteiger charge is -2.33. The van der Waals surface area contributed by atoms with Crippen LogP contribution in [0.3, 0.4) is 0 Å². The van der Waals surface area contributed by atoms with E-state index in [0.717, 1.165) is 5.56 Å². The lowest BCUT2D eigenvalue weighted by molar-refractivity contribution is -0.140. The van der Waals surface area contributed by atoms with Gasteiger partial charge in [-0.3, -0.25) is 68.3 Å². The number of carbonyl (C=O) groups excluding carboxylic acids is 6. The van der Waals surface area contributed by atoms with Crippen LogP contribution >= 0.6 is 0 Å². The SMILES string of the molecule is CCC(=O)NCCNC(=O)NC(N)=NCCC[C@@H](NC(=O)[C@@H](c1ccccc1)c1cccc(OCCCCNC(=O)CC[C@H](C)NC(=O)CN2CCN(CC(=O)O)CCN(CC(=O)O)CCN(CC(=O)O)CC2)c1)C(=O)NCc1ccc(O)cc1. The molecule has 0 aliphatic carbocycles. The lowest BCUT2D eigenvalue weighted by atomic mass is 9.90.